The number of hydrogen-bond acceptors (Lipinski definition) is 3. The van der Waals surface area contributed by atoms with Crippen molar-refractivity contribution < 1.29 is 8.78 Å². The molecule has 2 N–H and O–H groups in total. The third-order valence-corrected chi connectivity index (χ3v) is 21.3. The van der Waals surface area contributed by atoms with Crippen LogP contribution in [-0.2, 0) is 36.6 Å². The highest BCUT2D eigenvalue weighted by Gasteiger charge is 2.30. The molecule has 3 nitrogen and oxygen atoms in total. The van der Waals surface area contributed by atoms with E-state index in [1.54, 1.807) is 12.1 Å². The number of anilines is 6. The van der Waals surface area contributed by atoms with Gasteiger partial charge in [-0.2, -0.15) is 0 Å². The number of benzene rings is 11. The van der Waals surface area contributed by atoms with Gasteiger partial charge in [-0.05, 0) is 237 Å². The summed E-state index contributed by atoms with van der Waals surface area (Å²) in [4.78, 5) is 4.33. The van der Waals surface area contributed by atoms with Crippen LogP contribution in [0.4, 0.5) is 42.9 Å². The standard InChI is InChI=1S/C96H107F2N3/c1-11-17-19-21-25-79-65-92(90-62-60-88(67-94(90)98)101(84-53-41-76(42-54-84)72-33-29-70(24-14-4)30-34-72)86-57-45-78(46-58-86)74-37-49-82(50-38-74)96(99,16-6)68(7)8)80(26-22-20-18-12-2)64-91(79)89-61-59-87(66-93(89)97)100(83-51-39-75(40-52-83)71-31-27-69(23-13-3)28-32-71)85-55-43-77(44-56-85)73-35-47-81(48-36-73)95(9,10)63-15-5/h27-62,64-68H,11-26,63,99H2,1-10H3. The van der Waals surface area contributed by atoms with Crippen LogP contribution < -0.4 is 15.5 Å². The largest absolute Gasteiger partial charge is 0.321 e. The van der Waals surface area contributed by atoms with Gasteiger partial charge in [-0.3, -0.25) is 0 Å². The molecule has 0 saturated carbocycles. The average molecular weight is 1340 g/mol. The Kier molecular flexibility index (Phi) is 24.6. The maximum absolute atomic E-state index is 18.0. The smallest absolute Gasteiger partial charge is 0.133 e. The molecule has 0 saturated heterocycles. The monoisotopic (exact) mass is 1340 g/mol. The molecular formula is C96H107F2N3. The fraction of sp³-hybridized carbons (Fsp3) is 0.312. The van der Waals surface area contributed by atoms with Crippen molar-refractivity contribution >= 4 is 34.1 Å². The number of halogens is 2. The molecule has 5 heteroatoms. The zero-order valence-electron chi connectivity index (χ0n) is 61.9. The first-order chi connectivity index (χ1) is 49.1. The first-order valence-electron chi connectivity index (χ1n) is 38.0. The summed E-state index contributed by atoms with van der Waals surface area (Å²) in [5.74, 6) is -0.306. The fourth-order valence-corrected chi connectivity index (χ4v) is 15.0. The third kappa shape index (κ3) is 17.3. The number of nitrogens with zero attached hydrogens (tertiary/aromatic N) is 2. The van der Waals surface area contributed by atoms with Crippen molar-refractivity contribution in [2.24, 2.45) is 11.7 Å². The predicted octanol–water partition coefficient (Wildman–Crippen LogP) is 28.4. The Morgan fingerprint density at radius 3 is 0.911 bits per heavy atom. The Morgan fingerprint density at radius 2 is 0.624 bits per heavy atom. The molecule has 1 unspecified atom stereocenters. The molecule has 0 amide bonds. The van der Waals surface area contributed by atoms with Gasteiger partial charge in [-0.1, -0.05) is 285 Å². The second-order valence-corrected chi connectivity index (χ2v) is 29.2. The SMILES string of the molecule is CCCCCCc1cc(-c2ccc(N(c3ccc(-c4ccc(CCC)cc4)cc3)c3ccc(-c4ccc(C(N)(CC)C(C)C)cc4)cc3)cc2F)c(CCCCCC)cc1-c1ccc(N(c2ccc(-c3ccc(CCC)cc3)cc2)c2ccc(-c3ccc(C(C)(C)CCC)cc3)cc2)cc1F. The number of hydrogen-bond donors (Lipinski definition) is 1. The molecule has 11 aromatic rings. The lowest BCUT2D eigenvalue weighted by molar-refractivity contribution is 0.306. The second kappa shape index (κ2) is 34.0. The minimum absolute atomic E-state index is 0.106. The molecule has 0 aliphatic heterocycles. The van der Waals surface area contributed by atoms with E-state index in [0.29, 0.717) is 22.7 Å². The second-order valence-electron chi connectivity index (χ2n) is 29.2. The normalized spacial score (nSPS) is 12.3. The van der Waals surface area contributed by atoms with Gasteiger partial charge in [0.1, 0.15) is 11.6 Å². The molecular weight excluding hydrogens is 1230 g/mol. The summed E-state index contributed by atoms with van der Waals surface area (Å²) in [6.45, 7) is 22.3. The van der Waals surface area contributed by atoms with Gasteiger partial charge in [0.2, 0.25) is 0 Å². The van der Waals surface area contributed by atoms with Crippen molar-refractivity contribution in [1.29, 1.82) is 0 Å². The van der Waals surface area contributed by atoms with E-state index in [4.69, 9.17) is 5.73 Å². The summed E-state index contributed by atoms with van der Waals surface area (Å²) in [5.41, 5.74) is 30.9. The summed E-state index contributed by atoms with van der Waals surface area (Å²) in [5, 5.41) is 0. The van der Waals surface area contributed by atoms with Crippen LogP contribution in [0.15, 0.2) is 243 Å². The Balaban J connectivity index is 0.973. The maximum atomic E-state index is 18.0. The lowest BCUT2D eigenvalue weighted by Crippen LogP contribution is -2.41. The quantitative estimate of drug-likeness (QED) is 0.0427. The summed E-state index contributed by atoms with van der Waals surface area (Å²) in [7, 11) is 0. The Bertz CT molecular complexity index is 4440. The lowest BCUT2D eigenvalue weighted by atomic mass is 9.78. The highest BCUT2D eigenvalue weighted by Crippen LogP contribution is 2.45. The molecule has 520 valence electrons. The van der Waals surface area contributed by atoms with Crippen molar-refractivity contribution in [2.75, 3.05) is 9.80 Å². The molecule has 0 heterocycles. The first-order valence-corrected chi connectivity index (χ1v) is 38.0. The van der Waals surface area contributed by atoms with Crippen LogP contribution in [0.2, 0.25) is 0 Å². The van der Waals surface area contributed by atoms with Crippen LogP contribution in [0, 0.1) is 17.6 Å². The van der Waals surface area contributed by atoms with Gasteiger partial charge in [0.25, 0.3) is 0 Å². The minimum atomic E-state index is -0.400. The van der Waals surface area contributed by atoms with Gasteiger partial charge in [0, 0.05) is 50.8 Å². The van der Waals surface area contributed by atoms with Crippen LogP contribution >= 0.6 is 0 Å². The van der Waals surface area contributed by atoms with E-state index in [1.165, 1.54) is 16.7 Å². The molecule has 11 rings (SSSR count). The summed E-state index contributed by atoms with van der Waals surface area (Å²) in [6, 6.07) is 86.1. The van der Waals surface area contributed by atoms with E-state index in [0.717, 1.165) is 210 Å². The van der Waals surface area contributed by atoms with E-state index in [1.807, 2.05) is 12.1 Å². The van der Waals surface area contributed by atoms with Crippen molar-refractivity contribution in [3.63, 3.8) is 0 Å². The predicted molar refractivity (Wildman–Crippen MR) is 431 cm³/mol. The number of unbranched alkanes of at least 4 members (excludes halogenated alkanes) is 6. The van der Waals surface area contributed by atoms with Crippen LogP contribution in [0.5, 0.6) is 0 Å². The van der Waals surface area contributed by atoms with Crippen LogP contribution in [0.3, 0.4) is 0 Å². The summed E-state index contributed by atoms with van der Waals surface area (Å²) >= 11 is 0. The number of nitrogens with two attached hydrogens (primary N) is 1. The zero-order valence-corrected chi connectivity index (χ0v) is 61.9. The lowest BCUT2D eigenvalue weighted by Gasteiger charge is -2.33. The molecule has 1 atom stereocenters. The van der Waals surface area contributed by atoms with E-state index < -0.39 is 5.54 Å². The summed E-state index contributed by atoms with van der Waals surface area (Å²) in [6.07, 6.45) is 17.3. The van der Waals surface area contributed by atoms with Crippen LogP contribution in [-0.4, -0.2) is 0 Å². The summed E-state index contributed by atoms with van der Waals surface area (Å²) < 4.78 is 36.0. The first kappa shape index (κ1) is 73.1. The molecule has 0 aliphatic carbocycles. The Morgan fingerprint density at radius 1 is 0.317 bits per heavy atom. The molecule has 0 fully saturated rings. The number of rotatable bonds is 32. The topological polar surface area (TPSA) is 32.5 Å². The molecule has 0 radical (unpaired) electrons. The Labute approximate surface area is 604 Å². The third-order valence-electron chi connectivity index (χ3n) is 21.3. The van der Waals surface area contributed by atoms with Crippen LogP contribution in [0.1, 0.15) is 186 Å². The van der Waals surface area contributed by atoms with E-state index in [9.17, 15) is 0 Å². The van der Waals surface area contributed by atoms with E-state index >= 15 is 8.78 Å². The Hall–Kier alpha value is -9.16. The van der Waals surface area contributed by atoms with Gasteiger partial charge in [0.15, 0.2) is 0 Å². The van der Waals surface area contributed by atoms with Crippen molar-refractivity contribution in [3.05, 3.63) is 288 Å². The zero-order chi connectivity index (χ0) is 71.0. The maximum Gasteiger partial charge on any atom is 0.133 e. The molecule has 11 aromatic carbocycles. The van der Waals surface area contributed by atoms with Crippen molar-refractivity contribution in [1.82, 2.24) is 0 Å². The molecule has 101 heavy (non-hydrogen) atoms. The van der Waals surface area contributed by atoms with Gasteiger partial charge in [-0.15, -0.1) is 0 Å². The van der Waals surface area contributed by atoms with Gasteiger partial charge >= 0.3 is 0 Å². The highest BCUT2D eigenvalue weighted by molar-refractivity contribution is 5.86. The van der Waals surface area contributed by atoms with Gasteiger partial charge in [-0.25, -0.2) is 8.78 Å². The molecule has 0 aromatic heterocycles. The highest BCUT2D eigenvalue weighted by atomic mass is 19.1. The number of aryl methyl sites for hydroxylation is 4. The van der Waals surface area contributed by atoms with Crippen molar-refractivity contribution in [2.45, 2.75) is 189 Å². The average Bonchev–Trinajstić information content (AvgIpc) is 0.774. The van der Waals surface area contributed by atoms with E-state index in [2.05, 4.69) is 297 Å². The van der Waals surface area contributed by atoms with Crippen molar-refractivity contribution in [3.8, 4) is 66.8 Å². The van der Waals surface area contributed by atoms with Crippen LogP contribution in [0.25, 0.3) is 66.8 Å². The minimum Gasteiger partial charge on any atom is -0.321 e. The van der Waals surface area contributed by atoms with Gasteiger partial charge < -0.3 is 15.5 Å². The molecule has 0 bridgehead atoms. The fourth-order valence-electron chi connectivity index (χ4n) is 15.0. The molecule has 0 spiro atoms. The van der Waals surface area contributed by atoms with Gasteiger partial charge in [0.05, 0.1) is 0 Å². The van der Waals surface area contributed by atoms with E-state index in [-0.39, 0.29) is 17.0 Å². The molecule has 0 aliphatic rings.